The summed E-state index contributed by atoms with van der Waals surface area (Å²) in [5.41, 5.74) is 0.0951. The lowest BCUT2D eigenvalue weighted by Crippen LogP contribution is -2.55. The van der Waals surface area contributed by atoms with Gasteiger partial charge in [-0.3, -0.25) is 4.79 Å². The Morgan fingerprint density at radius 2 is 1.87 bits per heavy atom. The summed E-state index contributed by atoms with van der Waals surface area (Å²) in [6.07, 6.45) is 9.75. The first-order valence-corrected chi connectivity index (χ1v) is 11.7. The molecule has 0 atom stereocenters. The minimum Gasteiger partial charge on any atom is -0.477 e. The highest BCUT2D eigenvalue weighted by atomic mass is 16.5. The van der Waals surface area contributed by atoms with E-state index in [2.05, 4.69) is 24.3 Å². The van der Waals surface area contributed by atoms with Crippen LogP contribution in [0.2, 0.25) is 0 Å². The maximum Gasteiger partial charge on any atom is 0.258 e. The monoisotopic (exact) mass is 415 g/mol. The Labute approximate surface area is 180 Å². The van der Waals surface area contributed by atoms with Gasteiger partial charge in [0.2, 0.25) is 5.88 Å². The summed E-state index contributed by atoms with van der Waals surface area (Å²) in [6.45, 7) is 9.08. The molecule has 4 fully saturated rings. The second-order valence-corrected chi connectivity index (χ2v) is 11.1. The van der Waals surface area contributed by atoms with Crippen LogP contribution in [-0.2, 0) is 11.3 Å². The van der Waals surface area contributed by atoms with Crippen LogP contribution in [0.1, 0.15) is 76.6 Å². The average molecular weight is 416 g/mol. The molecule has 1 amide bonds. The topological polar surface area (TPSA) is 73.2 Å². The third-order valence-corrected chi connectivity index (χ3v) is 7.40. The van der Waals surface area contributed by atoms with Crippen LogP contribution in [-0.4, -0.2) is 34.6 Å². The van der Waals surface area contributed by atoms with E-state index >= 15 is 0 Å². The number of aldehydes is 1. The van der Waals surface area contributed by atoms with Gasteiger partial charge in [0.1, 0.15) is 11.8 Å². The van der Waals surface area contributed by atoms with Gasteiger partial charge in [0.15, 0.2) is 0 Å². The molecule has 6 nitrogen and oxygen atoms in total. The van der Waals surface area contributed by atoms with E-state index in [1.165, 1.54) is 32.1 Å². The SMILES string of the molecule is CC(C)COc1c(C(=O)NC2C3CC4CC(C3)CC2C4)cnn1CCC(C)(C)C=O. The van der Waals surface area contributed by atoms with Crippen LogP contribution in [0.3, 0.4) is 0 Å². The molecule has 166 valence electrons. The number of amides is 1. The molecule has 1 aromatic heterocycles. The summed E-state index contributed by atoms with van der Waals surface area (Å²) < 4.78 is 7.80. The number of nitrogens with zero attached hydrogens (tertiary/aromatic N) is 2. The Bertz CT molecular complexity index is 755. The molecule has 1 heterocycles. The maximum atomic E-state index is 13.3. The highest BCUT2D eigenvalue weighted by Crippen LogP contribution is 2.53. The first kappa shape index (κ1) is 21.4. The van der Waals surface area contributed by atoms with E-state index in [1.54, 1.807) is 10.9 Å². The molecule has 0 aromatic carbocycles. The lowest BCUT2D eigenvalue weighted by molar-refractivity contribution is -0.115. The minimum atomic E-state index is -0.427. The number of carbonyl (C=O) groups excluding carboxylic acids is 2. The Kier molecular flexibility index (Phi) is 5.95. The van der Waals surface area contributed by atoms with Crippen LogP contribution in [0.4, 0.5) is 0 Å². The van der Waals surface area contributed by atoms with E-state index < -0.39 is 5.41 Å². The molecule has 6 heteroatoms. The van der Waals surface area contributed by atoms with Gasteiger partial charge in [0.25, 0.3) is 5.91 Å². The molecule has 0 aliphatic heterocycles. The summed E-state index contributed by atoms with van der Waals surface area (Å²) in [4.78, 5) is 24.6. The summed E-state index contributed by atoms with van der Waals surface area (Å²) in [7, 11) is 0. The van der Waals surface area contributed by atoms with Crippen molar-refractivity contribution in [2.75, 3.05) is 6.61 Å². The molecule has 0 unspecified atom stereocenters. The number of carbonyl (C=O) groups is 2. The Hall–Kier alpha value is -1.85. The smallest absolute Gasteiger partial charge is 0.258 e. The average Bonchev–Trinajstić information content (AvgIpc) is 3.10. The van der Waals surface area contributed by atoms with E-state index in [0.29, 0.717) is 54.8 Å². The van der Waals surface area contributed by atoms with E-state index in [-0.39, 0.29) is 5.91 Å². The molecular formula is C24H37N3O3. The van der Waals surface area contributed by atoms with Crippen LogP contribution < -0.4 is 10.1 Å². The van der Waals surface area contributed by atoms with Gasteiger partial charge in [-0.2, -0.15) is 5.10 Å². The van der Waals surface area contributed by atoms with Crippen molar-refractivity contribution in [3.05, 3.63) is 11.8 Å². The predicted molar refractivity (Wildman–Crippen MR) is 115 cm³/mol. The van der Waals surface area contributed by atoms with Gasteiger partial charge >= 0.3 is 0 Å². The summed E-state index contributed by atoms with van der Waals surface area (Å²) in [6, 6.07) is 0.292. The van der Waals surface area contributed by atoms with E-state index in [9.17, 15) is 9.59 Å². The molecule has 1 N–H and O–H groups in total. The molecule has 5 rings (SSSR count). The Morgan fingerprint density at radius 1 is 1.23 bits per heavy atom. The third kappa shape index (κ3) is 4.42. The second kappa shape index (κ2) is 8.35. The van der Waals surface area contributed by atoms with Crippen LogP contribution >= 0.6 is 0 Å². The number of rotatable bonds is 9. The van der Waals surface area contributed by atoms with Crippen molar-refractivity contribution in [1.29, 1.82) is 0 Å². The zero-order valence-electron chi connectivity index (χ0n) is 18.9. The minimum absolute atomic E-state index is 0.0628. The van der Waals surface area contributed by atoms with Crippen LogP contribution in [0.25, 0.3) is 0 Å². The number of aryl methyl sites for hydroxylation is 1. The van der Waals surface area contributed by atoms with Crippen molar-refractivity contribution in [1.82, 2.24) is 15.1 Å². The van der Waals surface area contributed by atoms with Crippen molar-refractivity contribution in [2.45, 2.75) is 78.8 Å². The van der Waals surface area contributed by atoms with Crippen LogP contribution in [0, 0.1) is 35.0 Å². The zero-order valence-corrected chi connectivity index (χ0v) is 18.9. The largest absolute Gasteiger partial charge is 0.477 e. The standard InChI is InChI=1S/C24H37N3O3/c1-15(2)13-30-23-20(12-25-27(23)6-5-24(3,4)14-28)22(29)26-21-18-8-16-7-17(10-18)11-19(21)9-16/h12,14-19,21H,5-11,13H2,1-4H3,(H,26,29). The molecule has 4 saturated carbocycles. The molecular weight excluding hydrogens is 378 g/mol. The van der Waals surface area contributed by atoms with Gasteiger partial charge in [-0.15, -0.1) is 0 Å². The van der Waals surface area contributed by atoms with E-state index in [1.807, 2.05) is 13.8 Å². The highest BCUT2D eigenvalue weighted by molar-refractivity contribution is 5.96. The maximum absolute atomic E-state index is 13.3. The molecule has 4 bridgehead atoms. The Morgan fingerprint density at radius 3 is 2.43 bits per heavy atom. The van der Waals surface area contributed by atoms with E-state index in [4.69, 9.17) is 4.74 Å². The number of ether oxygens (including phenoxy) is 1. The fraction of sp³-hybridized carbons (Fsp3) is 0.792. The van der Waals surface area contributed by atoms with Gasteiger partial charge in [-0.25, -0.2) is 4.68 Å². The molecule has 1 aromatic rings. The van der Waals surface area contributed by atoms with Gasteiger partial charge in [-0.05, 0) is 68.1 Å². The summed E-state index contributed by atoms with van der Waals surface area (Å²) in [5.74, 6) is 3.85. The van der Waals surface area contributed by atoms with Crippen molar-refractivity contribution >= 4 is 12.2 Å². The third-order valence-electron chi connectivity index (χ3n) is 7.40. The zero-order chi connectivity index (χ0) is 21.5. The number of nitrogens with one attached hydrogen (secondary N) is 1. The number of aromatic nitrogens is 2. The van der Waals surface area contributed by atoms with Crippen molar-refractivity contribution in [3.63, 3.8) is 0 Å². The van der Waals surface area contributed by atoms with Gasteiger partial charge in [0, 0.05) is 18.0 Å². The lowest BCUT2D eigenvalue weighted by Gasteiger charge is -2.54. The number of hydrogen-bond acceptors (Lipinski definition) is 4. The summed E-state index contributed by atoms with van der Waals surface area (Å²) >= 11 is 0. The molecule has 0 spiro atoms. The fourth-order valence-electron chi connectivity index (χ4n) is 5.93. The second-order valence-electron chi connectivity index (χ2n) is 11.1. The number of hydrogen-bond donors (Lipinski definition) is 1. The highest BCUT2D eigenvalue weighted by Gasteiger charge is 2.48. The molecule has 4 aliphatic rings. The van der Waals surface area contributed by atoms with Crippen molar-refractivity contribution in [2.24, 2.45) is 35.0 Å². The molecule has 0 saturated heterocycles. The summed E-state index contributed by atoms with van der Waals surface area (Å²) in [5, 5.41) is 7.83. The molecule has 30 heavy (non-hydrogen) atoms. The Balaban J connectivity index is 1.49. The van der Waals surface area contributed by atoms with Crippen molar-refractivity contribution < 1.29 is 14.3 Å². The van der Waals surface area contributed by atoms with Crippen LogP contribution in [0.15, 0.2) is 6.20 Å². The molecule has 4 aliphatic carbocycles. The first-order valence-electron chi connectivity index (χ1n) is 11.7. The first-order chi connectivity index (χ1) is 14.3. The van der Waals surface area contributed by atoms with E-state index in [0.717, 1.165) is 18.1 Å². The lowest BCUT2D eigenvalue weighted by atomic mass is 9.54. The van der Waals surface area contributed by atoms with Crippen molar-refractivity contribution in [3.8, 4) is 5.88 Å². The van der Waals surface area contributed by atoms with Gasteiger partial charge < -0.3 is 14.8 Å². The van der Waals surface area contributed by atoms with Gasteiger partial charge in [0.05, 0.1) is 12.8 Å². The quantitative estimate of drug-likeness (QED) is 0.617. The predicted octanol–water partition coefficient (Wildman–Crippen LogP) is 4.09. The molecule has 0 radical (unpaired) electrons. The normalized spacial score (nSPS) is 30.0. The van der Waals surface area contributed by atoms with Crippen LogP contribution in [0.5, 0.6) is 5.88 Å². The fourth-order valence-corrected chi connectivity index (χ4v) is 5.93. The van der Waals surface area contributed by atoms with Gasteiger partial charge in [-0.1, -0.05) is 27.7 Å².